The molecule has 24 heteroatoms. The first-order chi connectivity index (χ1) is 40.4. The summed E-state index contributed by atoms with van der Waals surface area (Å²) in [5.41, 5.74) is 1.99. The Balaban J connectivity index is 0.0000179. The number of nitriles is 1. The number of carbonyl (C=O) groups excluding carboxylic acids is 10. The highest BCUT2D eigenvalue weighted by atomic mass is 32.2. The molecule has 0 amide bonds. The molecule has 464 valence electrons. The van der Waals surface area contributed by atoms with Crippen LogP contribution in [0.25, 0.3) is 4.85 Å². The Morgan fingerprint density at radius 1 is 0.529 bits per heavy atom. The summed E-state index contributed by atoms with van der Waals surface area (Å²) in [6.07, 6.45) is 7.44. The molecule has 6 unspecified atom stereocenters. The molecule has 2 rings (SSSR count). The number of hydrogen-bond acceptors (Lipinski definition) is 23. The monoisotopic (exact) mass is 1220 g/mol. The highest BCUT2D eigenvalue weighted by Gasteiger charge is 2.44. The summed E-state index contributed by atoms with van der Waals surface area (Å²) in [7, 11) is 0. The van der Waals surface area contributed by atoms with Crippen molar-refractivity contribution < 1.29 is 95.3 Å². The maximum absolute atomic E-state index is 13.6. The molecule has 0 bridgehead atoms. The average Bonchev–Trinajstić information content (AvgIpc) is 2.22. The van der Waals surface area contributed by atoms with Crippen molar-refractivity contribution in [3.8, 4) is 6.57 Å². The van der Waals surface area contributed by atoms with Crippen LogP contribution in [0.2, 0.25) is 0 Å². The third kappa shape index (κ3) is 31.5. The molecule has 0 aromatic rings. The van der Waals surface area contributed by atoms with Crippen molar-refractivity contribution in [3.63, 3.8) is 0 Å². The fourth-order valence-electron chi connectivity index (χ4n) is 7.13. The standard InChI is InChI=1S/C60H77NO20S2.CHN/c1-13-47(62)74-31-33-76-51(66)25-23-49(64)72-29-27-37(3)15-21-44(10)78-57(68)39(5)17-19-41(7)59(70)80-46-35-43(9)54(56-55(46)82-53(83-56)36-61-12)81-60(71)42(8)20-18-40(6)58(69)79-45(11)22-16-38(4)28-30-73-50(65)24-26-52(67)77-34-32-75-48(63)14-2;1-2/h13-14,35-36,39-42,55-56H,1-4,10-11,15-34H2,5-9H3;1H/b53-36+;. The van der Waals surface area contributed by atoms with E-state index in [1.807, 2.05) is 0 Å². The second-order valence-electron chi connectivity index (χ2n) is 19.4. The summed E-state index contributed by atoms with van der Waals surface area (Å²) in [6.45, 7) is 41.1. The molecule has 6 atom stereocenters. The molecule has 0 saturated carbocycles. The quantitative estimate of drug-likeness (QED) is 0.0105. The highest BCUT2D eigenvalue weighted by Crippen LogP contribution is 2.55. The fraction of sp³-hybridized carbons (Fsp3) is 0.508. The van der Waals surface area contributed by atoms with E-state index in [2.05, 4.69) is 50.9 Å². The summed E-state index contributed by atoms with van der Waals surface area (Å²) in [4.78, 5) is 126. The largest absolute Gasteiger partial charge is 0.465 e. The predicted octanol–water partition coefficient (Wildman–Crippen LogP) is 10.2. The van der Waals surface area contributed by atoms with Gasteiger partial charge in [0, 0.05) is 48.6 Å². The minimum Gasteiger partial charge on any atom is -0.465 e. The number of carbonyl (C=O) groups is 10. The third-order valence-electron chi connectivity index (χ3n) is 12.3. The SMILES string of the molecule is C#N.[C-]#[N+]/C=C1\SC2C(OC(=O)C(C)CCC(C)C(=O)OC(=C)CCC(=C)CCOC(=O)CCC(=O)OCCOC(=O)C=C)=CC(C)=C(OC(=O)C(C)CCC(C)C(=O)OC(=C)CCC(=C)CCOC(=O)CCC(=O)OCCOC(=O)C=C)C2S1. The van der Waals surface area contributed by atoms with E-state index in [1.165, 1.54) is 29.7 Å². The summed E-state index contributed by atoms with van der Waals surface area (Å²) in [5.74, 6) is -7.12. The third-order valence-corrected chi connectivity index (χ3v) is 15.3. The first kappa shape index (κ1) is 75.1. The van der Waals surface area contributed by atoms with Crippen LogP contribution < -0.4 is 0 Å². The zero-order valence-corrected chi connectivity index (χ0v) is 50.7. The van der Waals surface area contributed by atoms with Gasteiger partial charge < -0.3 is 47.4 Å². The van der Waals surface area contributed by atoms with Crippen molar-refractivity contribution in [2.45, 2.75) is 135 Å². The molecule has 0 spiro atoms. The van der Waals surface area contributed by atoms with Crippen LogP contribution in [-0.4, -0.2) is 110 Å². The minimum absolute atomic E-state index is 0.0335. The number of nitrogens with zero attached hydrogens (tertiary/aromatic N) is 2. The van der Waals surface area contributed by atoms with Gasteiger partial charge in [0.15, 0.2) is 6.20 Å². The van der Waals surface area contributed by atoms with Gasteiger partial charge in [-0.3, -0.25) is 38.4 Å². The van der Waals surface area contributed by atoms with E-state index < -0.39 is 93.9 Å². The number of allylic oxidation sites excluding steroid dienone is 4. The van der Waals surface area contributed by atoms with Gasteiger partial charge in [-0.15, -0.1) is 23.5 Å². The zero-order valence-electron chi connectivity index (χ0n) is 49.1. The van der Waals surface area contributed by atoms with Crippen molar-refractivity contribution >= 4 is 83.2 Å². The Bertz CT molecular complexity index is 2620. The van der Waals surface area contributed by atoms with Crippen molar-refractivity contribution in [1.29, 1.82) is 5.26 Å². The molecular weight excluding hydrogens is 1140 g/mol. The van der Waals surface area contributed by atoms with Crippen LogP contribution in [0.3, 0.4) is 0 Å². The predicted molar refractivity (Wildman–Crippen MR) is 313 cm³/mol. The number of esters is 10. The fourth-order valence-corrected chi connectivity index (χ4v) is 10.1. The maximum Gasteiger partial charge on any atom is 0.330 e. The number of fused-ring (bicyclic) bond motifs is 1. The van der Waals surface area contributed by atoms with Gasteiger partial charge in [0.1, 0.15) is 49.5 Å². The van der Waals surface area contributed by atoms with Gasteiger partial charge in [-0.1, -0.05) is 78.3 Å². The van der Waals surface area contributed by atoms with Crippen LogP contribution in [0.15, 0.2) is 108 Å². The summed E-state index contributed by atoms with van der Waals surface area (Å²) >= 11 is 2.64. The van der Waals surface area contributed by atoms with Crippen LogP contribution >= 0.6 is 23.5 Å². The summed E-state index contributed by atoms with van der Waals surface area (Å²) in [5, 5.41) is 5.50. The van der Waals surface area contributed by atoms with Crippen molar-refractivity contribution in [3.05, 3.63) is 119 Å². The minimum atomic E-state index is -0.645. The first-order valence-corrected chi connectivity index (χ1v) is 29.0. The average molecular weight is 1220 g/mol. The topological polar surface area (TPSA) is 291 Å². The summed E-state index contributed by atoms with van der Waals surface area (Å²) in [6, 6.07) is 0. The van der Waals surface area contributed by atoms with Gasteiger partial charge in [-0.2, -0.15) is 0 Å². The van der Waals surface area contributed by atoms with Gasteiger partial charge in [0.2, 0.25) is 0 Å². The van der Waals surface area contributed by atoms with Crippen molar-refractivity contribution in [2.24, 2.45) is 23.7 Å². The molecule has 85 heavy (non-hydrogen) atoms. The molecule has 1 aliphatic heterocycles. The van der Waals surface area contributed by atoms with Crippen LogP contribution in [-0.2, 0) is 95.3 Å². The van der Waals surface area contributed by atoms with Gasteiger partial charge in [0.05, 0.1) is 79.6 Å². The number of rotatable bonds is 40. The van der Waals surface area contributed by atoms with Crippen LogP contribution in [0, 0.1) is 42.1 Å². The second-order valence-corrected chi connectivity index (χ2v) is 22.0. The highest BCUT2D eigenvalue weighted by molar-refractivity contribution is 8.26. The smallest absolute Gasteiger partial charge is 0.330 e. The van der Waals surface area contributed by atoms with E-state index in [9.17, 15) is 47.9 Å². The van der Waals surface area contributed by atoms with Crippen LogP contribution in [0.4, 0.5) is 0 Å². The summed E-state index contributed by atoms with van der Waals surface area (Å²) < 4.78 is 53.1. The maximum atomic E-state index is 13.6. The Labute approximate surface area is 505 Å². The zero-order chi connectivity index (χ0) is 64.0. The second kappa shape index (κ2) is 41.9. The van der Waals surface area contributed by atoms with Crippen molar-refractivity contribution in [1.82, 2.24) is 0 Å². The molecule has 0 radical (unpaired) electrons. The molecule has 1 heterocycles. The lowest BCUT2D eigenvalue weighted by atomic mass is 9.97. The Morgan fingerprint density at radius 2 is 0.882 bits per heavy atom. The van der Waals surface area contributed by atoms with Gasteiger partial charge in [-0.05, 0) is 57.1 Å². The lowest BCUT2D eigenvalue weighted by molar-refractivity contribution is -0.152. The lowest BCUT2D eigenvalue weighted by Crippen LogP contribution is -2.31. The molecule has 22 nitrogen and oxygen atoms in total. The molecule has 1 aliphatic carbocycles. The van der Waals surface area contributed by atoms with E-state index in [-0.39, 0.29) is 89.7 Å². The van der Waals surface area contributed by atoms with E-state index in [0.717, 1.165) is 23.3 Å². The molecule has 0 aromatic heterocycles. The molecular formula is C61H78N2O20S2. The van der Waals surface area contributed by atoms with Crippen LogP contribution in [0.5, 0.6) is 0 Å². The van der Waals surface area contributed by atoms with E-state index in [1.54, 1.807) is 40.7 Å². The van der Waals surface area contributed by atoms with E-state index in [4.69, 9.17) is 59.2 Å². The van der Waals surface area contributed by atoms with Crippen molar-refractivity contribution in [2.75, 3.05) is 39.6 Å². The van der Waals surface area contributed by atoms with E-state index in [0.29, 0.717) is 72.7 Å². The van der Waals surface area contributed by atoms with E-state index >= 15 is 0 Å². The van der Waals surface area contributed by atoms with Crippen LogP contribution in [0.1, 0.15) is 125 Å². The number of thioether (sulfide) groups is 2. The Morgan fingerprint density at radius 3 is 1.27 bits per heavy atom. The molecule has 0 N–H and O–H groups in total. The molecule has 1 fully saturated rings. The normalized spacial score (nSPS) is 15.7. The van der Waals surface area contributed by atoms with Gasteiger partial charge >= 0.3 is 59.7 Å². The Hall–Kier alpha value is -7.96. The Kier molecular flexibility index (Phi) is 37.0. The number of ether oxygens (including phenoxy) is 10. The molecule has 0 aromatic carbocycles. The van der Waals surface area contributed by atoms with Gasteiger partial charge in [-0.25, -0.2) is 19.7 Å². The van der Waals surface area contributed by atoms with Gasteiger partial charge in [0.25, 0.3) is 0 Å². The molecule has 2 aliphatic rings. The number of hydrogen-bond donors (Lipinski definition) is 0. The lowest BCUT2D eigenvalue weighted by Gasteiger charge is -2.28. The molecule has 1 saturated heterocycles. The first-order valence-electron chi connectivity index (χ1n) is 27.2.